The molecule has 2 atom stereocenters. The highest BCUT2D eigenvalue weighted by atomic mass is 16.2. The predicted octanol–water partition coefficient (Wildman–Crippen LogP) is 1.10. The van der Waals surface area contributed by atoms with Crippen molar-refractivity contribution in [1.82, 2.24) is 10.2 Å². The fourth-order valence-corrected chi connectivity index (χ4v) is 1.61. The first-order valence-electron chi connectivity index (χ1n) is 5.09. The Bertz CT molecular complexity index is 159. The number of hydrogen-bond donors (Lipinski definition) is 1. The number of rotatable bonds is 1. The molecule has 0 aromatic rings. The predicted molar refractivity (Wildman–Crippen MR) is 55.6 cm³/mol. The van der Waals surface area contributed by atoms with E-state index in [0.29, 0.717) is 6.04 Å². The highest BCUT2D eigenvalue weighted by molar-refractivity contribution is 5.79. The van der Waals surface area contributed by atoms with Gasteiger partial charge in [-0.05, 0) is 13.5 Å². The van der Waals surface area contributed by atoms with Gasteiger partial charge in [0.15, 0.2) is 0 Å². The summed E-state index contributed by atoms with van der Waals surface area (Å²) >= 11 is 0. The van der Waals surface area contributed by atoms with E-state index in [0.717, 1.165) is 13.0 Å². The van der Waals surface area contributed by atoms with E-state index in [9.17, 15) is 4.79 Å². The van der Waals surface area contributed by atoms with Crippen molar-refractivity contribution < 1.29 is 4.79 Å². The number of amides is 1. The van der Waals surface area contributed by atoms with Crippen LogP contribution in [-0.4, -0.2) is 37.5 Å². The smallest absolute Gasteiger partial charge is 0.226 e. The molecule has 0 radical (unpaired) electrons. The van der Waals surface area contributed by atoms with Crippen molar-refractivity contribution in [2.45, 2.75) is 33.2 Å². The lowest BCUT2D eigenvalue weighted by Crippen LogP contribution is -2.49. The van der Waals surface area contributed by atoms with Gasteiger partial charge in [-0.15, -0.1) is 0 Å². The standard InChI is InChI=1S/C8H16N2O.C2H6/c1-6-7(9-2)4-5-10(3)8(6)11;1-2/h6-7,9H,4-5H2,1-3H3;1-2H3. The van der Waals surface area contributed by atoms with Crippen LogP contribution in [0.25, 0.3) is 0 Å². The molecule has 1 aliphatic heterocycles. The second-order valence-electron chi connectivity index (χ2n) is 3.23. The molecular formula is C10H22N2O. The van der Waals surface area contributed by atoms with Gasteiger partial charge in [0.1, 0.15) is 0 Å². The zero-order valence-corrected chi connectivity index (χ0v) is 9.42. The summed E-state index contributed by atoms with van der Waals surface area (Å²) in [5, 5.41) is 3.16. The third-order valence-electron chi connectivity index (χ3n) is 2.52. The van der Waals surface area contributed by atoms with Crippen LogP contribution in [0.5, 0.6) is 0 Å². The topological polar surface area (TPSA) is 32.3 Å². The molecule has 1 saturated heterocycles. The summed E-state index contributed by atoms with van der Waals surface area (Å²) in [4.78, 5) is 13.2. The molecule has 1 N–H and O–H groups in total. The van der Waals surface area contributed by atoms with E-state index in [-0.39, 0.29) is 11.8 Å². The number of carbonyl (C=O) groups is 1. The maximum atomic E-state index is 11.4. The lowest BCUT2D eigenvalue weighted by molar-refractivity contribution is -0.137. The summed E-state index contributed by atoms with van der Waals surface area (Å²) in [7, 11) is 3.78. The SMILES string of the molecule is CC.CNC1CCN(C)C(=O)C1C. The van der Waals surface area contributed by atoms with Gasteiger partial charge in [-0.2, -0.15) is 0 Å². The van der Waals surface area contributed by atoms with Gasteiger partial charge in [-0.1, -0.05) is 20.8 Å². The Kier molecular flexibility index (Phi) is 5.71. The van der Waals surface area contributed by atoms with E-state index in [1.54, 1.807) is 4.90 Å². The Morgan fingerprint density at radius 2 is 2.00 bits per heavy atom. The van der Waals surface area contributed by atoms with Crippen molar-refractivity contribution in [1.29, 1.82) is 0 Å². The quantitative estimate of drug-likeness (QED) is 0.665. The van der Waals surface area contributed by atoms with Crippen LogP contribution in [0.15, 0.2) is 0 Å². The highest BCUT2D eigenvalue weighted by Crippen LogP contribution is 2.15. The minimum Gasteiger partial charge on any atom is -0.345 e. The minimum atomic E-state index is 0.138. The van der Waals surface area contributed by atoms with Crippen LogP contribution in [0.1, 0.15) is 27.2 Å². The summed E-state index contributed by atoms with van der Waals surface area (Å²) < 4.78 is 0. The molecule has 1 fully saturated rings. The third-order valence-corrected chi connectivity index (χ3v) is 2.52. The average Bonchev–Trinajstić information content (AvgIpc) is 2.18. The number of piperidine rings is 1. The molecule has 0 bridgehead atoms. The largest absolute Gasteiger partial charge is 0.345 e. The Morgan fingerprint density at radius 1 is 1.46 bits per heavy atom. The van der Waals surface area contributed by atoms with Gasteiger partial charge >= 0.3 is 0 Å². The van der Waals surface area contributed by atoms with Gasteiger partial charge in [0.25, 0.3) is 0 Å². The molecule has 0 aromatic carbocycles. The fourth-order valence-electron chi connectivity index (χ4n) is 1.61. The number of hydrogen-bond acceptors (Lipinski definition) is 2. The molecular weight excluding hydrogens is 164 g/mol. The average molecular weight is 186 g/mol. The van der Waals surface area contributed by atoms with Gasteiger partial charge in [0.05, 0.1) is 5.92 Å². The summed E-state index contributed by atoms with van der Waals surface area (Å²) in [5.41, 5.74) is 0. The van der Waals surface area contributed by atoms with E-state index in [1.807, 2.05) is 34.9 Å². The van der Waals surface area contributed by atoms with Crippen LogP contribution in [0.2, 0.25) is 0 Å². The zero-order valence-electron chi connectivity index (χ0n) is 9.42. The first-order chi connectivity index (χ1) is 6.16. The molecule has 13 heavy (non-hydrogen) atoms. The molecule has 3 heteroatoms. The maximum absolute atomic E-state index is 11.4. The van der Waals surface area contributed by atoms with Gasteiger partial charge in [-0.25, -0.2) is 0 Å². The number of nitrogens with one attached hydrogen (secondary N) is 1. The van der Waals surface area contributed by atoms with Gasteiger partial charge in [-0.3, -0.25) is 4.79 Å². The molecule has 1 aliphatic rings. The Morgan fingerprint density at radius 3 is 2.46 bits per heavy atom. The first kappa shape index (κ1) is 12.4. The highest BCUT2D eigenvalue weighted by Gasteiger charge is 2.29. The van der Waals surface area contributed by atoms with E-state index >= 15 is 0 Å². The van der Waals surface area contributed by atoms with Gasteiger partial charge in [0.2, 0.25) is 5.91 Å². The summed E-state index contributed by atoms with van der Waals surface area (Å²) in [5.74, 6) is 0.398. The molecule has 3 nitrogen and oxygen atoms in total. The maximum Gasteiger partial charge on any atom is 0.226 e. The molecule has 0 aliphatic carbocycles. The second kappa shape index (κ2) is 5.97. The molecule has 78 valence electrons. The molecule has 2 unspecified atom stereocenters. The van der Waals surface area contributed by atoms with E-state index < -0.39 is 0 Å². The van der Waals surface area contributed by atoms with Crippen LogP contribution in [0, 0.1) is 5.92 Å². The summed E-state index contributed by atoms with van der Waals surface area (Å²) in [6.45, 7) is 6.87. The Balaban J connectivity index is 0.000000671. The Hall–Kier alpha value is -0.570. The molecule has 1 heterocycles. The van der Waals surface area contributed by atoms with E-state index in [1.165, 1.54) is 0 Å². The van der Waals surface area contributed by atoms with E-state index in [2.05, 4.69) is 5.32 Å². The van der Waals surface area contributed by atoms with Crippen molar-refractivity contribution in [3.63, 3.8) is 0 Å². The first-order valence-corrected chi connectivity index (χ1v) is 5.09. The van der Waals surface area contributed by atoms with Crippen molar-refractivity contribution in [2.75, 3.05) is 20.6 Å². The minimum absolute atomic E-state index is 0.138. The van der Waals surface area contributed by atoms with Crippen LogP contribution in [0.3, 0.4) is 0 Å². The summed E-state index contributed by atoms with van der Waals surface area (Å²) in [6, 6.07) is 0.374. The molecule has 0 saturated carbocycles. The lowest BCUT2D eigenvalue weighted by Gasteiger charge is -2.33. The third kappa shape index (κ3) is 2.99. The van der Waals surface area contributed by atoms with Crippen molar-refractivity contribution in [3.05, 3.63) is 0 Å². The van der Waals surface area contributed by atoms with Crippen LogP contribution in [-0.2, 0) is 4.79 Å². The van der Waals surface area contributed by atoms with Crippen molar-refractivity contribution in [3.8, 4) is 0 Å². The van der Waals surface area contributed by atoms with Crippen LogP contribution >= 0.6 is 0 Å². The Labute approximate surface area is 81.5 Å². The molecule has 1 rings (SSSR count). The van der Waals surface area contributed by atoms with E-state index in [4.69, 9.17) is 0 Å². The fraction of sp³-hybridized carbons (Fsp3) is 0.900. The molecule has 1 amide bonds. The van der Waals surface area contributed by atoms with Crippen molar-refractivity contribution in [2.24, 2.45) is 5.92 Å². The van der Waals surface area contributed by atoms with Gasteiger partial charge in [0, 0.05) is 19.6 Å². The molecule has 0 aromatic heterocycles. The van der Waals surface area contributed by atoms with Crippen LogP contribution < -0.4 is 5.32 Å². The monoisotopic (exact) mass is 186 g/mol. The van der Waals surface area contributed by atoms with Gasteiger partial charge < -0.3 is 10.2 Å². The number of carbonyl (C=O) groups excluding carboxylic acids is 1. The van der Waals surface area contributed by atoms with Crippen LogP contribution in [0.4, 0.5) is 0 Å². The molecule has 0 spiro atoms. The van der Waals surface area contributed by atoms with Crippen molar-refractivity contribution >= 4 is 5.91 Å². The number of likely N-dealkylation sites (tertiary alicyclic amines) is 1. The normalized spacial score (nSPS) is 28.1. The lowest BCUT2D eigenvalue weighted by atomic mass is 9.94. The zero-order chi connectivity index (χ0) is 10.4. The second-order valence-corrected chi connectivity index (χ2v) is 3.23. The number of nitrogens with zero attached hydrogens (tertiary/aromatic N) is 1. The summed E-state index contributed by atoms with van der Waals surface area (Å²) in [6.07, 6.45) is 1.07.